The van der Waals surface area contributed by atoms with E-state index in [-0.39, 0.29) is 17.1 Å². The van der Waals surface area contributed by atoms with E-state index in [0.29, 0.717) is 47.3 Å². The van der Waals surface area contributed by atoms with Crippen LogP contribution in [0.3, 0.4) is 0 Å². The Hall–Kier alpha value is -4.46. The number of anilines is 1. The number of rotatable bonds is 8. The summed E-state index contributed by atoms with van der Waals surface area (Å²) in [5, 5.41) is 21.2. The summed E-state index contributed by atoms with van der Waals surface area (Å²) in [5.74, 6) is -0.317. The van der Waals surface area contributed by atoms with Gasteiger partial charge in [-0.1, -0.05) is 12.1 Å². The van der Waals surface area contributed by atoms with Crippen molar-refractivity contribution in [3.05, 3.63) is 82.9 Å². The number of phenols is 1. The van der Waals surface area contributed by atoms with Crippen LogP contribution in [0.2, 0.25) is 0 Å². The number of ketones is 1. The van der Waals surface area contributed by atoms with E-state index in [4.69, 9.17) is 14.2 Å². The van der Waals surface area contributed by atoms with Crippen LogP contribution in [0.25, 0.3) is 5.76 Å². The summed E-state index contributed by atoms with van der Waals surface area (Å²) in [4.78, 5) is 28.2. The average molecular weight is 504 g/mol. The number of aryl methyl sites for hydroxylation is 1. The zero-order valence-corrected chi connectivity index (χ0v) is 21.1. The molecule has 2 N–H and O–H groups in total. The van der Waals surface area contributed by atoms with Gasteiger partial charge in [-0.05, 0) is 74.4 Å². The second kappa shape index (κ2) is 10.7. The highest BCUT2D eigenvalue weighted by Crippen LogP contribution is 2.44. The molecule has 0 spiro atoms. The average Bonchev–Trinajstić information content (AvgIpc) is 3.15. The molecule has 37 heavy (non-hydrogen) atoms. The number of hydrogen-bond donors (Lipinski definition) is 2. The summed E-state index contributed by atoms with van der Waals surface area (Å²) in [7, 11) is 1.55. The number of phenolic OH excluding ortho intramolecular Hbond substituents is 1. The third-order valence-electron chi connectivity index (χ3n) is 6.13. The molecule has 1 amide bonds. The van der Waals surface area contributed by atoms with Gasteiger partial charge in [0, 0.05) is 17.3 Å². The lowest BCUT2D eigenvalue weighted by atomic mass is 9.94. The summed E-state index contributed by atoms with van der Waals surface area (Å²) in [5.41, 5.74) is 2.01. The first-order chi connectivity index (χ1) is 17.8. The summed E-state index contributed by atoms with van der Waals surface area (Å²) in [6, 6.07) is 15.2. The second-order valence-electron chi connectivity index (χ2n) is 8.44. The van der Waals surface area contributed by atoms with Gasteiger partial charge in [0.2, 0.25) is 0 Å². The van der Waals surface area contributed by atoms with Crippen molar-refractivity contribution in [2.24, 2.45) is 0 Å². The van der Waals surface area contributed by atoms with Gasteiger partial charge in [-0.3, -0.25) is 14.5 Å². The van der Waals surface area contributed by atoms with E-state index in [1.807, 2.05) is 20.8 Å². The molecule has 0 aliphatic carbocycles. The summed E-state index contributed by atoms with van der Waals surface area (Å²) < 4.78 is 16.7. The molecule has 0 saturated carbocycles. The largest absolute Gasteiger partial charge is 0.508 e. The molecule has 1 aliphatic heterocycles. The predicted molar refractivity (Wildman–Crippen MR) is 139 cm³/mol. The van der Waals surface area contributed by atoms with Gasteiger partial charge in [-0.25, -0.2) is 0 Å². The van der Waals surface area contributed by atoms with Gasteiger partial charge >= 0.3 is 0 Å². The van der Waals surface area contributed by atoms with Crippen molar-refractivity contribution in [2.45, 2.75) is 26.8 Å². The number of Topliss-reactive ketones (excluding diaryl/α,β-unsaturated/α-hetero) is 1. The van der Waals surface area contributed by atoms with Crippen molar-refractivity contribution in [3.8, 4) is 23.0 Å². The number of aliphatic hydroxyl groups excluding tert-OH is 1. The molecule has 1 fully saturated rings. The minimum absolute atomic E-state index is 0.0335. The standard InChI is InChI=1S/C29H29NO7/c1-5-36-23-14-10-20(16-24(23)37-6-2)30-26(18-7-11-21(31)12-8-18)25(28(33)29(30)34)27(32)19-9-13-22(35-4)17(3)15-19/h7-16,26,31-32H,5-6H2,1-4H3/b27-25+. The van der Waals surface area contributed by atoms with Crippen LogP contribution >= 0.6 is 0 Å². The normalized spacial score (nSPS) is 16.6. The first kappa shape index (κ1) is 25.6. The van der Waals surface area contributed by atoms with Crippen molar-refractivity contribution in [1.82, 2.24) is 0 Å². The molecule has 4 rings (SSSR count). The predicted octanol–water partition coefficient (Wildman–Crippen LogP) is 5.13. The van der Waals surface area contributed by atoms with E-state index in [1.165, 1.54) is 17.0 Å². The second-order valence-corrected chi connectivity index (χ2v) is 8.44. The Bertz CT molecular complexity index is 1360. The van der Waals surface area contributed by atoms with Gasteiger partial charge in [0.25, 0.3) is 11.7 Å². The van der Waals surface area contributed by atoms with E-state index in [0.717, 1.165) is 5.56 Å². The Morgan fingerprint density at radius 3 is 2.16 bits per heavy atom. The Morgan fingerprint density at radius 1 is 0.892 bits per heavy atom. The molecule has 3 aromatic carbocycles. The Balaban J connectivity index is 1.92. The number of aliphatic hydroxyl groups is 1. The topological polar surface area (TPSA) is 106 Å². The molecule has 192 valence electrons. The van der Waals surface area contributed by atoms with Crippen molar-refractivity contribution in [2.75, 3.05) is 25.2 Å². The van der Waals surface area contributed by atoms with Gasteiger partial charge in [0.05, 0.1) is 31.9 Å². The molecule has 8 heteroatoms. The molecule has 0 aromatic heterocycles. The highest BCUT2D eigenvalue weighted by Gasteiger charge is 2.47. The first-order valence-electron chi connectivity index (χ1n) is 11.9. The van der Waals surface area contributed by atoms with Crippen LogP contribution in [-0.2, 0) is 9.59 Å². The maximum Gasteiger partial charge on any atom is 0.300 e. The third kappa shape index (κ3) is 4.82. The molecule has 0 bridgehead atoms. The van der Waals surface area contributed by atoms with E-state index in [1.54, 1.807) is 55.6 Å². The van der Waals surface area contributed by atoms with Crippen LogP contribution in [0.15, 0.2) is 66.2 Å². The summed E-state index contributed by atoms with van der Waals surface area (Å²) in [6.45, 7) is 6.32. The number of benzene rings is 3. The van der Waals surface area contributed by atoms with Crippen molar-refractivity contribution in [1.29, 1.82) is 0 Å². The molecule has 3 aromatic rings. The molecule has 1 saturated heterocycles. The molecule has 1 heterocycles. The van der Waals surface area contributed by atoms with Crippen LogP contribution in [-0.4, -0.2) is 42.2 Å². The Labute approximate surface area is 215 Å². The monoisotopic (exact) mass is 503 g/mol. The van der Waals surface area contributed by atoms with Gasteiger partial charge in [0.1, 0.15) is 17.3 Å². The van der Waals surface area contributed by atoms with E-state index in [2.05, 4.69) is 0 Å². The van der Waals surface area contributed by atoms with Gasteiger partial charge < -0.3 is 24.4 Å². The number of ether oxygens (including phenoxy) is 3. The SMILES string of the molecule is CCOc1ccc(N2C(=O)C(=O)/C(=C(/O)c3ccc(OC)c(C)c3)C2c2ccc(O)cc2)cc1OCC. The number of carbonyl (C=O) groups is 2. The fraction of sp³-hybridized carbons (Fsp3) is 0.241. The summed E-state index contributed by atoms with van der Waals surface area (Å²) in [6.07, 6.45) is 0. The van der Waals surface area contributed by atoms with Crippen LogP contribution < -0.4 is 19.1 Å². The molecule has 8 nitrogen and oxygen atoms in total. The van der Waals surface area contributed by atoms with Crippen LogP contribution in [0.1, 0.15) is 36.6 Å². The zero-order valence-electron chi connectivity index (χ0n) is 21.1. The van der Waals surface area contributed by atoms with Gasteiger partial charge in [-0.2, -0.15) is 0 Å². The Morgan fingerprint density at radius 2 is 1.54 bits per heavy atom. The van der Waals surface area contributed by atoms with E-state index < -0.39 is 17.7 Å². The van der Waals surface area contributed by atoms with Crippen LogP contribution in [0.5, 0.6) is 23.0 Å². The first-order valence-corrected chi connectivity index (χ1v) is 11.9. The number of amides is 1. The fourth-order valence-electron chi connectivity index (χ4n) is 4.44. The number of nitrogens with zero attached hydrogens (tertiary/aromatic N) is 1. The third-order valence-corrected chi connectivity index (χ3v) is 6.13. The minimum atomic E-state index is -0.949. The van der Waals surface area contributed by atoms with Crippen LogP contribution in [0.4, 0.5) is 5.69 Å². The molecule has 1 unspecified atom stereocenters. The lowest BCUT2D eigenvalue weighted by Crippen LogP contribution is -2.29. The van der Waals surface area contributed by atoms with Crippen molar-refractivity contribution < 1.29 is 34.0 Å². The number of hydrogen-bond acceptors (Lipinski definition) is 7. The molecule has 1 atom stereocenters. The molecular formula is C29H29NO7. The number of methoxy groups -OCH3 is 1. The number of carbonyl (C=O) groups excluding carboxylic acids is 2. The van der Waals surface area contributed by atoms with Gasteiger partial charge in [0.15, 0.2) is 11.5 Å². The van der Waals surface area contributed by atoms with Crippen molar-refractivity contribution >= 4 is 23.1 Å². The minimum Gasteiger partial charge on any atom is -0.508 e. The highest BCUT2D eigenvalue weighted by atomic mass is 16.5. The van der Waals surface area contributed by atoms with Crippen molar-refractivity contribution in [3.63, 3.8) is 0 Å². The maximum atomic E-state index is 13.4. The molecular weight excluding hydrogens is 474 g/mol. The lowest BCUT2D eigenvalue weighted by molar-refractivity contribution is -0.132. The number of aromatic hydroxyl groups is 1. The smallest absolute Gasteiger partial charge is 0.300 e. The molecule has 1 aliphatic rings. The van der Waals surface area contributed by atoms with Gasteiger partial charge in [-0.15, -0.1) is 0 Å². The quantitative estimate of drug-likeness (QED) is 0.249. The van der Waals surface area contributed by atoms with E-state index in [9.17, 15) is 19.8 Å². The highest BCUT2D eigenvalue weighted by molar-refractivity contribution is 6.51. The van der Waals surface area contributed by atoms with E-state index >= 15 is 0 Å². The zero-order chi connectivity index (χ0) is 26.7. The summed E-state index contributed by atoms with van der Waals surface area (Å²) >= 11 is 0. The molecule has 0 radical (unpaired) electrons. The maximum absolute atomic E-state index is 13.4. The lowest BCUT2D eigenvalue weighted by Gasteiger charge is -2.26. The Kier molecular flexibility index (Phi) is 7.38. The van der Waals surface area contributed by atoms with Crippen LogP contribution in [0, 0.1) is 6.92 Å². The fourth-order valence-corrected chi connectivity index (χ4v) is 4.44.